The summed E-state index contributed by atoms with van der Waals surface area (Å²) in [7, 11) is 6.02. The Morgan fingerprint density at radius 1 is 1.58 bits per heavy atom. The summed E-state index contributed by atoms with van der Waals surface area (Å²) in [5.41, 5.74) is 0.754. The van der Waals surface area contributed by atoms with Crippen molar-refractivity contribution in [3.8, 4) is 0 Å². The zero-order valence-electron chi connectivity index (χ0n) is 12.5. The molecule has 1 fully saturated rings. The molecule has 0 amide bonds. The number of hydrogen-bond donors (Lipinski definition) is 1. The number of aliphatic hydroxyl groups is 1. The van der Waals surface area contributed by atoms with Gasteiger partial charge in [0.2, 0.25) is 0 Å². The Kier molecular flexibility index (Phi) is 4.26. The van der Waals surface area contributed by atoms with Crippen LogP contribution in [-0.4, -0.2) is 50.7 Å². The first-order valence-electron chi connectivity index (χ1n) is 7.15. The number of hydrogen-bond acceptors (Lipinski definition) is 4. The van der Waals surface area contributed by atoms with Crippen LogP contribution >= 0.6 is 0 Å². The molecule has 1 aliphatic carbocycles. The van der Waals surface area contributed by atoms with E-state index in [-0.39, 0.29) is 11.6 Å². The number of rotatable bonds is 4. The van der Waals surface area contributed by atoms with Gasteiger partial charge in [0, 0.05) is 25.2 Å². The number of nitrogens with zero attached hydrogens (tertiary/aromatic N) is 4. The summed E-state index contributed by atoms with van der Waals surface area (Å²) in [6.07, 6.45) is 6.66. The second-order valence-electron chi connectivity index (χ2n) is 6.30. The third-order valence-corrected chi connectivity index (χ3v) is 4.57. The van der Waals surface area contributed by atoms with Gasteiger partial charge in [-0.2, -0.15) is 0 Å². The highest BCUT2D eigenvalue weighted by atomic mass is 16.3. The van der Waals surface area contributed by atoms with Crippen LogP contribution in [0.2, 0.25) is 0 Å². The fourth-order valence-electron chi connectivity index (χ4n) is 3.45. The molecule has 5 heteroatoms. The number of aromatic nitrogens is 3. The predicted octanol–water partition coefficient (Wildman–Crippen LogP) is 1.23. The molecule has 0 aliphatic heterocycles. The summed E-state index contributed by atoms with van der Waals surface area (Å²) in [6.45, 7) is 2.28. The fourth-order valence-corrected chi connectivity index (χ4v) is 3.45. The molecular formula is C14H26N4O. The van der Waals surface area contributed by atoms with Crippen molar-refractivity contribution in [2.24, 2.45) is 13.0 Å². The van der Waals surface area contributed by atoms with Gasteiger partial charge in [-0.25, -0.2) is 0 Å². The molecule has 1 aliphatic rings. The molecule has 5 nitrogen and oxygen atoms in total. The van der Waals surface area contributed by atoms with Crippen LogP contribution in [0.3, 0.4) is 0 Å². The van der Waals surface area contributed by atoms with Crippen molar-refractivity contribution < 1.29 is 5.11 Å². The van der Waals surface area contributed by atoms with Gasteiger partial charge in [0.25, 0.3) is 0 Å². The average Bonchev–Trinajstić information content (AvgIpc) is 2.74. The van der Waals surface area contributed by atoms with E-state index in [2.05, 4.69) is 36.2 Å². The van der Waals surface area contributed by atoms with Crippen LogP contribution in [0.4, 0.5) is 0 Å². The first kappa shape index (κ1) is 14.5. The smallest absolute Gasteiger partial charge is 0.0853 e. The molecule has 1 aromatic rings. The van der Waals surface area contributed by atoms with E-state index in [1.165, 1.54) is 12.8 Å². The van der Waals surface area contributed by atoms with E-state index in [9.17, 15) is 5.11 Å². The zero-order chi connectivity index (χ0) is 14.0. The van der Waals surface area contributed by atoms with Gasteiger partial charge in [0.1, 0.15) is 0 Å². The van der Waals surface area contributed by atoms with Gasteiger partial charge < -0.3 is 10.0 Å². The van der Waals surface area contributed by atoms with E-state index in [4.69, 9.17) is 0 Å². The molecule has 0 aromatic carbocycles. The maximum atomic E-state index is 10.8. The molecule has 0 radical (unpaired) electrons. The zero-order valence-corrected chi connectivity index (χ0v) is 12.5. The van der Waals surface area contributed by atoms with Crippen molar-refractivity contribution in [1.82, 2.24) is 19.9 Å². The predicted molar refractivity (Wildman–Crippen MR) is 74.8 cm³/mol. The normalized spacial score (nSPS) is 29.7. The Morgan fingerprint density at radius 3 is 2.84 bits per heavy atom. The highest BCUT2D eigenvalue weighted by Gasteiger charge is 2.43. The van der Waals surface area contributed by atoms with Crippen LogP contribution < -0.4 is 0 Å². The summed E-state index contributed by atoms with van der Waals surface area (Å²) in [5, 5.41) is 18.8. The van der Waals surface area contributed by atoms with Gasteiger partial charge in [-0.15, -0.1) is 5.10 Å². The van der Waals surface area contributed by atoms with E-state index in [0.717, 1.165) is 18.5 Å². The molecule has 108 valence electrons. The van der Waals surface area contributed by atoms with E-state index in [0.29, 0.717) is 12.3 Å². The van der Waals surface area contributed by atoms with E-state index >= 15 is 0 Å². The molecule has 0 bridgehead atoms. The molecule has 19 heavy (non-hydrogen) atoms. The lowest BCUT2D eigenvalue weighted by Crippen LogP contribution is -2.56. The van der Waals surface area contributed by atoms with E-state index in [1.54, 1.807) is 4.68 Å². The summed E-state index contributed by atoms with van der Waals surface area (Å²) in [4.78, 5) is 2.21. The van der Waals surface area contributed by atoms with Crippen LogP contribution in [-0.2, 0) is 13.5 Å². The van der Waals surface area contributed by atoms with Crippen LogP contribution in [0.1, 0.15) is 38.3 Å². The third-order valence-electron chi connectivity index (χ3n) is 4.57. The Morgan fingerprint density at radius 2 is 2.32 bits per heavy atom. The van der Waals surface area contributed by atoms with Crippen LogP contribution in [0.5, 0.6) is 0 Å². The van der Waals surface area contributed by atoms with Crippen molar-refractivity contribution in [1.29, 1.82) is 0 Å². The van der Waals surface area contributed by atoms with Crippen molar-refractivity contribution in [2.75, 3.05) is 14.1 Å². The largest absolute Gasteiger partial charge is 0.391 e. The van der Waals surface area contributed by atoms with Crippen molar-refractivity contribution in [3.05, 3.63) is 11.9 Å². The Labute approximate surface area is 115 Å². The molecule has 1 heterocycles. The quantitative estimate of drug-likeness (QED) is 0.890. The minimum atomic E-state index is -0.387. The molecule has 1 saturated carbocycles. The summed E-state index contributed by atoms with van der Waals surface area (Å²) in [6, 6.07) is 0. The highest BCUT2D eigenvalue weighted by Crippen LogP contribution is 2.38. The number of aryl methyl sites for hydroxylation is 1. The van der Waals surface area contributed by atoms with Gasteiger partial charge >= 0.3 is 0 Å². The number of aliphatic hydroxyl groups excluding tert-OH is 1. The summed E-state index contributed by atoms with van der Waals surface area (Å²) in [5.74, 6) is 0.674. The fraction of sp³-hybridized carbons (Fsp3) is 0.857. The highest BCUT2D eigenvalue weighted by molar-refractivity contribution is 5.04. The average molecular weight is 266 g/mol. The van der Waals surface area contributed by atoms with Gasteiger partial charge in [-0.1, -0.05) is 25.0 Å². The molecule has 1 N–H and O–H groups in total. The first-order valence-corrected chi connectivity index (χ1v) is 7.15. The van der Waals surface area contributed by atoms with Gasteiger partial charge in [0.15, 0.2) is 0 Å². The summed E-state index contributed by atoms with van der Waals surface area (Å²) < 4.78 is 1.69. The molecular weight excluding hydrogens is 240 g/mol. The molecule has 0 saturated heterocycles. The SMILES string of the molecule is CC1CCCC(C(O)Cc2cn(C)nn2)(N(C)C)C1. The van der Waals surface area contributed by atoms with Crippen molar-refractivity contribution in [2.45, 2.75) is 50.7 Å². The molecule has 0 spiro atoms. The Hall–Kier alpha value is -0.940. The third kappa shape index (κ3) is 2.98. The Bertz CT molecular complexity index is 417. The van der Waals surface area contributed by atoms with Gasteiger partial charge in [-0.05, 0) is 32.9 Å². The standard InChI is InChI=1S/C14H26N4O/c1-11-6-5-7-14(9-11,17(2)3)13(19)8-12-10-18(4)16-15-12/h10-11,13,19H,5-9H2,1-4H3. The van der Waals surface area contributed by atoms with Crippen molar-refractivity contribution >= 4 is 0 Å². The first-order chi connectivity index (χ1) is 8.94. The van der Waals surface area contributed by atoms with Crippen LogP contribution in [0.15, 0.2) is 6.20 Å². The lowest BCUT2D eigenvalue weighted by atomic mass is 9.71. The molecule has 3 atom stereocenters. The second kappa shape index (κ2) is 5.59. The van der Waals surface area contributed by atoms with Gasteiger partial charge in [-0.3, -0.25) is 4.68 Å². The lowest BCUT2D eigenvalue weighted by Gasteiger charge is -2.48. The monoisotopic (exact) mass is 266 g/mol. The lowest BCUT2D eigenvalue weighted by molar-refractivity contribution is -0.0428. The maximum Gasteiger partial charge on any atom is 0.0853 e. The topological polar surface area (TPSA) is 54.2 Å². The van der Waals surface area contributed by atoms with Crippen molar-refractivity contribution in [3.63, 3.8) is 0 Å². The van der Waals surface area contributed by atoms with Gasteiger partial charge in [0.05, 0.1) is 11.8 Å². The van der Waals surface area contributed by atoms with Crippen LogP contribution in [0, 0.1) is 5.92 Å². The molecule has 1 aromatic heterocycles. The maximum absolute atomic E-state index is 10.8. The molecule has 3 unspecified atom stereocenters. The van der Waals surface area contributed by atoms with E-state index in [1.807, 2.05) is 13.2 Å². The van der Waals surface area contributed by atoms with E-state index < -0.39 is 0 Å². The second-order valence-corrected chi connectivity index (χ2v) is 6.30. The number of likely N-dealkylation sites (N-methyl/N-ethyl adjacent to an activating group) is 1. The minimum Gasteiger partial charge on any atom is -0.391 e. The Balaban J connectivity index is 2.14. The molecule has 2 rings (SSSR count). The summed E-state index contributed by atoms with van der Waals surface area (Å²) >= 11 is 0. The van der Waals surface area contributed by atoms with Crippen LogP contribution in [0.25, 0.3) is 0 Å². The minimum absolute atomic E-state index is 0.116.